The van der Waals surface area contributed by atoms with E-state index in [1.165, 1.54) is 5.57 Å². The van der Waals surface area contributed by atoms with E-state index in [1.54, 1.807) is 5.48 Å². The van der Waals surface area contributed by atoms with E-state index in [9.17, 15) is 9.59 Å². The fraction of sp³-hybridized carbons (Fsp3) is 0.556. The Bertz CT molecular complexity index is 467. The summed E-state index contributed by atoms with van der Waals surface area (Å²) >= 11 is 0. The zero-order chi connectivity index (χ0) is 16.9. The van der Waals surface area contributed by atoms with E-state index in [2.05, 4.69) is 42.6 Å². The van der Waals surface area contributed by atoms with Crippen LogP contribution in [0.15, 0.2) is 36.0 Å². The standard InChI is InChI=1S/C18H28N2O3/c1-15(14-16-8-4-2-5-9-16)11-12-17(21)19-13-7-3-6-10-18(22)20-23/h2,4-5,8,14,16,23H,3,6-7,9-13H2,1H3,(H,19,21)(H,20,22)/b15-14+. The molecule has 1 rings (SSSR count). The lowest BCUT2D eigenvalue weighted by molar-refractivity contribution is -0.129. The number of rotatable bonds is 10. The summed E-state index contributed by atoms with van der Waals surface area (Å²) in [6.07, 6.45) is 15.8. The molecule has 0 aromatic heterocycles. The highest BCUT2D eigenvalue weighted by molar-refractivity contribution is 5.76. The van der Waals surface area contributed by atoms with Gasteiger partial charge in [-0.1, -0.05) is 42.4 Å². The minimum Gasteiger partial charge on any atom is -0.356 e. The summed E-state index contributed by atoms with van der Waals surface area (Å²) in [7, 11) is 0. The molecule has 0 bridgehead atoms. The van der Waals surface area contributed by atoms with Gasteiger partial charge in [-0.25, -0.2) is 5.48 Å². The zero-order valence-electron chi connectivity index (χ0n) is 13.9. The first-order valence-electron chi connectivity index (χ1n) is 8.32. The summed E-state index contributed by atoms with van der Waals surface area (Å²) in [5, 5.41) is 11.3. The van der Waals surface area contributed by atoms with E-state index in [0.29, 0.717) is 31.7 Å². The van der Waals surface area contributed by atoms with Crippen molar-refractivity contribution in [1.82, 2.24) is 10.8 Å². The van der Waals surface area contributed by atoms with Gasteiger partial charge in [-0.3, -0.25) is 14.8 Å². The normalized spacial score (nSPS) is 17.1. The van der Waals surface area contributed by atoms with Crippen molar-refractivity contribution >= 4 is 11.8 Å². The van der Waals surface area contributed by atoms with Crippen LogP contribution < -0.4 is 10.8 Å². The number of hydrogen-bond acceptors (Lipinski definition) is 3. The Labute approximate surface area is 138 Å². The summed E-state index contributed by atoms with van der Waals surface area (Å²) in [5.41, 5.74) is 2.86. The van der Waals surface area contributed by atoms with Crippen LogP contribution in [0.5, 0.6) is 0 Å². The number of hydroxylamine groups is 1. The van der Waals surface area contributed by atoms with Crippen LogP contribution in [0.1, 0.15) is 51.9 Å². The third-order valence-electron chi connectivity index (χ3n) is 3.79. The maximum Gasteiger partial charge on any atom is 0.243 e. The number of carbonyl (C=O) groups is 2. The smallest absolute Gasteiger partial charge is 0.243 e. The topological polar surface area (TPSA) is 78.4 Å². The molecule has 0 radical (unpaired) electrons. The first-order chi connectivity index (χ1) is 11.1. The third-order valence-corrected chi connectivity index (χ3v) is 3.79. The third kappa shape index (κ3) is 9.68. The summed E-state index contributed by atoms with van der Waals surface area (Å²) in [5.74, 6) is 0.170. The summed E-state index contributed by atoms with van der Waals surface area (Å²) in [6, 6.07) is 0. The van der Waals surface area contributed by atoms with Crippen LogP contribution in [-0.2, 0) is 9.59 Å². The van der Waals surface area contributed by atoms with Crippen LogP contribution in [0, 0.1) is 5.92 Å². The Morgan fingerprint density at radius 2 is 1.96 bits per heavy atom. The second-order valence-corrected chi connectivity index (χ2v) is 5.92. The van der Waals surface area contributed by atoms with Gasteiger partial charge in [0.2, 0.25) is 11.8 Å². The van der Waals surface area contributed by atoms with Crippen LogP contribution in [0.2, 0.25) is 0 Å². The molecule has 0 heterocycles. The molecule has 0 saturated carbocycles. The van der Waals surface area contributed by atoms with E-state index in [-0.39, 0.29) is 11.8 Å². The fourth-order valence-corrected chi connectivity index (χ4v) is 2.44. The summed E-state index contributed by atoms with van der Waals surface area (Å²) in [6.45, 7) is 2.71. The van der Waals surface area contributed by atoms with Crippen molar-refractivity contribution in [2.45, 2.75) is 51.9 Å². The lowest BCUT2D eigenvalue weighted by Crippen LogP contribution is -2.24. The number of nitrogens with one attached hydrogen (secondary N) is 2. The summed E-state index contributed by atoms with van der Waals surface area (Å²) in [4.78, 5) is 22.6. The van der Waals surface area contributed by atoms with Gasteiger partial charge >= 0.3 is 0 Å². The fourth-order valence-electron chi connectivity index (χ4n) is 2.44. The van der Waals surface area contributed by atoms with Crippen molar-refractivity contribution in [3.05, 3.63) is 36.0 Å². The molecule has 0 aromatic rings. The molecule has 1 aliphatic rings. The predicted octanol–water partition coefficient (Wildman–Crippen LogP) is 3.03. The number of amides is 2. The number of carbonyl (C=O) groups excluding carboxylic acids is 2. The van der Waals surface area contributed by atoms with Gasteiger partial charge in [0.05, 0.1) is 0 Å². The highest BCUT2D eigenvalue weighted by Crippen LogP contribution is 2.17. The van der Waals surface area contributed by atoms with Gasteiger partial charge in [-0.2, -0.15) is 0 Å². The predicted molar refractivity (Wildman–Crippen MR) is 90.8 cm³/mol. The van der Waals surface area contributed by atoms with Crippen molar-refractivity contribution in [3.8, 4) is 0 Å². The Hall–Kier alpha value is -1.88. The molecule has 0 aliphatic heterocycles. The van der Waals surface area contributed by atoms with Crippen LogP contribution in [0.25, 0.3) is 0 Å². The van der Waals surface area contributed by atoms with Gasteiger partial charge in [-0.05, 0) is 38.5 Å². The number of unbranched alkanes of at least 4 members (excludes halogenated alkanes) is 2. The van der Waals surface area contributed by atoms with Crippen molar-refractivity contribution in [3.63, 3.8) is 0 Å². The van der Waals surface area contributed by atoms with Crippen LogP contribution in [0.4, 0.5) is 0 Å². The zero-order valence-corrected chi connectivity index (χ0v) is 13.9. The Morgan fingerprint density at radius 1 is 1.13 bits per heavy atom. The van der Waals surface area contributed by atoms with E-state index >= 15 is 0 Å². The molecule has 0 fully saturated rings. The van der Waals surface area contributed by atoms with Crippen molar-refractivity contribution in [2.24, 2.45) is 5.92 Å². The van der Waals surface area contributed by atoms with Crippen LogP contribution in [0.3, 0.4) is 0 Å². The SMILES string of the molecule is C/C(=C\C1C=CC=CC1)CCC(=O)NCCCCCC(=O)NO. The molecule has 0 aromatic carbocycles. The van der Waals surface area contributed by atoms with Gasteiger partial charge in [0.25, 0.3) is 0 Å². The molecule has 5 heteroatoms. The lowest BCUT2D eigenvalue weighted by atomic mass is 9.97. The average Bonchev–Trinajstić information content (AvgIpc) is 2.56. The van der Waals surface area contributed by atoms with Gasteiger partial charge in [-0.15, -0.1) is 0 Å². The quantitative estimate of drug-likeness (QED) is 0.250. The van der Waals surface area contributed by atoms with Gasteiger partial charge in [0.1, 0.15) is 0 Å². The van der Waals surface area contributed by atoms with E-state index in [4.69, 9.17) is 5.21 Å². The first kappa shape index (κ1) is 19.2. The molecule has 0 spiro atoms. The Morgan fingerprint density at radius 3 is 2.65 bits per heavy atom. The molecule has 23 heavy (non-hydrogen) atoms. The average molecular weight is 320 g/mol. The number of allylic oxidation sites excluding steroid dienone is 6. The molecule has 3 N–H and O–H groups in total. The second-order valence-electron chi connectivity index (χ2n) is 5.92. The van der Waals surface area contributed by atoms with Crippen molar-refractivity contribution < 1.29 is 14.8 Å². The van der Waals surface area contributed by atoms with Crippen LogP contribution >= 0.6 is 0 Å². The molecular weight excluding hydrogens is 292 g/mol. The molecule has 1 atom stereocenters. The Kier molecular flexibility index (Phi) is 9.71. The van der Waals surface area contributed by atoms with Crippen LogP contribution in [-0.4, -0.2) is 23.6 Å². The monoisotopic (exact) mass is 320 g/mol. The van der Waals surface area contributed by atoms with Gasteiger partial charge < -0.3 is 5.32 Å². The molecule has 2 amide bonds. The molecule has 1 unspecified atom stereocenters. The first-order valence-corrected chi connectivity index (χ1v) is 8.32. The summed E-state index contributed by atoms with van der Waals surface area (Å²) < 4.78 is 0. The largest absolute Gasteiger partial charge is 0.356 e. The molecular formula is C18H28N2O3. The minimum atomic E-state index is -0.361. The van der Waals surface area contributed by atoms with Gasteiger partial charge in [0, 0.05) is 19.4 Å². The Balaban J connectivity index is 2.05. The second kappa shape index (κ2) is 11.7. The maximum absolute atomic E-state index is 11.8. The number of hydrogen-bond donors (Lipinski definition) is 3. The molecule has 1 aliphatic carbocycles. The van der Waals surface area contributed by atoms with Crippen molar-refractivity contribution in [1.29, 1.82) is 0 Å². The van der Waals surface area contributed by atoms with E-state index < -0.39 is 0 Å². The minimum absolute atomic E-state index is 0.0740. The highest BCUT2D eigenvalue weighted by atomic mass is 16.5. The van der Waals surface area contributed by atoms with Gasteiger partial charge in [0.15, 0.2) is 0 Å². The van der Waals surface area contributed by atoms with Crippen molar-refractivity contribution in [2.75, 3.05) is 6.54 Å². The molecule has 0 saturated heterocycles. The van der Waals surface area contributed by atoms with E-state index in [0.717, 1.165) is 25.7 Å². The lowest BCUT2D eigenvalue weighted by Gasteiger charge is -2.10. The highest BCUT2D eigenvalue weighted by Gasteiger charge is 2.05. The van der Waals surface area contributed by atoms with E-state index in [1.807, 2.05) is 0 Å². The molecule has 5 nitrogen and oxygen atoms in total. The molecule has 128 valence electrons. The maximum atomic E-state index is 11.8.